The van der Waals surface area contributed by atoms with Crippen molar-refractivity contribution in [1.82, 2.24) is 9.78 Å². The number of benzene rings is 1. The predicted octanol–water partition coefficient (Wildman–Crippen LogP) is 2.68. The first-order valence-corrected chi connectivity index (χ1v) is 7.54. The second kappa shape index (κ2) is 5.02. The summed E-state index contributed by atoms with van der Waals surface area (Å²) in [5, 5.41) is 5.21. The van der Waals surface area contributed by atoms with Crippen LogP contribution in [0.2, 0.25) is 0 Å². The Morgan fingerprint density at radius 2 is 2.16 bits per heavy atom. The average Bonchev–Trinajstić information content (AvgIpc) is 2.91. The number of rotatable bonds is 3. The van der Waals surface area contributed by atoms with E-state index >= 15 is 0 Å². The first-order chi connectivity index (χ1) is 9.19. The Balaban J connectivity index is 1.78. The molecule has 19 heavy (non-hydrogen) atoms. The molecule has 1 aliphatic rings. The van der Waals surface area contributed by atoms with Gasteiger partial charge in [-0.3, -0.25) is 4.68 Å². The van der Waals surface area contributed by atoms with Crippen molar-refractivity contribution in [1.29, 1.82) is 0 Å². The second-order valence-corrected chi connectivity index (χ2v) is 6.43. The molecule has 1 aliphatic heterocycles. The van der Waals surface area contributed by atoms with Crippen LogP contribution in [-0.2, 0) is 19.5 Å². The molecule has 100 valence electrons. The largest absolute Gasteiger partial charge is 0.326 e. The Morgan fingerprint density at radius 1 is 1.37 bits per heavy atom. The topological polar surface area (TPSA) is 43.8 Å². The van der Waals surface area contributed by atoms with Crippen LogP contribution in [0.25, 0.3) is 0 Å². The van der Waals surface area contributed by atoms with Gasteiger partial charge >= 0.3 is 0 Å². The molecular formula is C15H19N3S. The number of hydrogen-bond acceptors (Lipinski definition) is 3. The number of aryl methyl sites for hydroxylation is 1. The highest BCUT2D eigenvalue weighted by Crippen LogP contribution is 2.37. The van der Waals surface area contributed by atoms with E-state index in [1.54, 1.807) is 0 Å². The van der Waals surface area contributed by atoms with Crippen LogP contribution < -0.4 is 5.73 Å². The van der Waals surface area contributed by atoms with E-state index in [4.69, 9.17) is 5.73 Å². The van der Waals surface area contributed by atoms with E-state index in [1.165, 1.54) is 21.7 Å². The predicted molar refractivity (Wildman–Crippen MR) is 79.4 cm³/mol. The quantitative estimate of drug-likeness (QED) is 0.935. The van der Waals surface area contributed by atoms with Crippen molar-refractivity contribution in [2.75, 3.05) is 0 Å². The lowest BCUT2D eigenvalue weighted by molar-refractivity contribution is 0.576. The summed E-state index contributed by atoms with van der Waals surface area (Å²) in [6.07, 6.45) is 1.14. The number of nitrogens with two attached hydrogens (primary N) is 1. The molecule has 3 nitrogen and oxygen atoms in total. The highest BCUT2D eigenvalue weighted by molar-refractivity contribution is 8.00. The Kier molecular flexibility index (Phi) is 3.37. The van der Waals surface area contributed by atoms with Crippen molar-refractivity contribution in [2.45, 2.75) is 43.5 Å². The van der Waals surface area contributed by atoms with Gasteiger partial charge < -0.3 is 5.73 Å². The monoisotopic (exact) mass is 273 g/mol. The molecule has 0 radical (unpaired) electrons. The molecule has 0 saturated heterocycles. The maximum absolute atomic E-state index is 5.78. The van der Waals surface area contributed by atoms with E-state index < -0.39 is 0 Å². The van der Waals surface area contributed by atoms with Crippen LogP contribution >= 0.6 is 11.8 Å². The molecular weight excluding hydrogens is 254 g/mol. The van der Waals surface area contributed by atoms with Crippen molar-refractivity contribution >= 4 is 11.8 Å². The lowest BCUT2D eigenvalue weighted by Crippen LogP contribution is -2.15. The van der Waals surface area contributed by atoms with Crippen molar-refractivity contribution in [3.05, 3.63) is 46.8 Å². The molecule has 2 aromatic rings. The molecule has 1 aromatic carbocycles. The van der Waals surface area contributed by atoms with E-state index in [-0.39, 0.29) is 0 Å². The molecule has 3 rings (SSSR count). The summed E-state index contributed by atoms with van der Waals surface area (Å²) < 4.78 is 2.13. The first-order valence-electron chi connectivity index (χ1n) is 6.66. The molecule has 0 aliphatic carbocycles. The Hall–Kier alpha value is -1.26. The van der Waals surface area contributed by atoms with Crippen molar-refractivity contribution in [3.63, 3.8) is 0 Å². The SMILES string of the molecule is Cc1nn(CC2Cc3ccccc3S2)c(C)c1CN. The van der Waals surface area contributed by atoms with E-state index in [0.29, 0.717) is 11.8 Å². The zero-order valence-electron chi connectivity index (χ0n) is 11.4. The van der Waals surface area contributed by atoms with Gasteiger partial charge in [0.2, 0.25) is 0 Å². The summed E-state index contributed by atoms with van der Waals surface area (Å²) in [6, 6.07) is 8.68. The van der Waals surface area contributed by atoms with Crippen LogP contribution in [0.1, 0.15) is 22.5 Å². The van der Waals surface area contributed by atoms with Gasteiger partial charge in [-0.15, -0.1) is 11.8 Å². The van der Waals surface area contributed by atoms with Gasteiger partial charge in [0.15, 0.2) is 0 Å². The average molecular weight is 273 g/mol. The fourth-order valence-corrected chi connectivity index (χ4v) is 4.05. The standard InChI is InChI=1S/C15H19N3S/c1-10-14(8-16)11(2)18(17-10)9-13-7-12-5-3-4-6-15(12)19-13/h3-6,13H,7-9,16H2,1-2H3. The van der Waals surface area contributed by atoms with E-state index in [0.717, 1.165) is 18.7 Å². The zero-order chi connectivity index (χ0) is 13.4. The number of fused-ring (bicyclic) bond motifs is 1. The molecule has 1 unspecified atom stereocenters. The molecule has 0 amide bonds. The summed E-state index contributed by atoms with van der Waals surface area (Å²) in [7, 11) is 0. The lowest BCUT2D eigenvalue weighted by Gasteiger charge is -2.10. The van der Waals surface area contributed by atoms with E-state index in [2.05, 4.69) is 41.0 Å². The summed E-state index contributed by atoms with van der Waals surface area (Å²) in [5.41, 5.74) is 10.7. The maximum atomic E-state index is 5.78. The lowest BCUT2D eigenvalue weighted by atomic mass is 10.1. The van der Waals surface area contributed by atoms with Crippen LogP contribution in [-0.4, -0.2) is 15.0 Å². The van der Waals surface area contributed by atoms with Gasteiger partial charge in [-0.05, 0) is 31.9 Å². The summed E-state index contributed by atoms with van der Waals surface area (Å²) >= 11 is 1.97. The normalized spacial score (nSPS) is 17.7. The summed E-state index contributed by atoms with van der Waals surface area (Å²) in [6.45, 7) is 5.71. The number of thioether (sulfide) groups is 1. The van der Waals surface area contributed by atoms with E-state index in [9.17, 15) is 0 Å². The first kappa shape index (κ1) is 12.8. The van der Waals surface area contributed by atoms with Gasteiger partial charge in [-0.1, -0.05) is 18.2 Å². The van der Waals surface area contributed by atoms with Gasteiger partial charge in [0.1, 0.15) is 0 Å². The summed E-state index contributed by atoms with van der Waals surface area (Å²) in [5.74, 6) is 0. The van der Waals surface area contributed by atoms with Gasteiger partial charge in [0.05, 0.1) is 12.2 Å². The molecule has 0 fully saturated rings. The smallest absolute Gasteiger partial charge is 0.0641 e. The number of nitrogens with zero attached hydrogens (tertiary/aromatic N) is 2. The molecule has 1 aromatic heterocycles. The third kappa shape index (κ3) is 2.30. The zero-order valence-corrected chi connectivity index (χ0v) is 12.2. The highest BCUT2D eigenvalue weighted by Gasteiger charge is 2.23. The van der Waals surface area contributed by atoms with Gasteiger partial charge in [-0.2, -0.15) is 5.10 Å². The Labute approximate surface area is 118 Å². The molecule has 4 heteroatoms. The van der Waals surface area contributed by atoms with Crippen molar-refractivity contribution in [2.24, 2.45) is 5.73 Å². The van der Waals surface area contributed by atoms with E-state index in [1.807, 2.05) is 18.7 Å². The minimum Gasteiger partial charge on any atom is -0.326 e. The van der Waals surface area contributed by atoms with Crippen LogP contribution in [0.5, 0.6) is 0 Å². The van der Waals surface area contributed by atoms with Crippen molar-refractivity contribution in [3.8, 4) is 0 Å². The van der Waals surface area contributed by atoms with Gasteiger partial charge in [0, 0.05) is 27.9 Å². The third-order valence-corrected chi connectivity index (χ3v) is 5.13. The molecule has 2 N–H and O–H groups in total. The minimum absolute atomic E-state index is 0.579. The van der Waals surface area contributed by atoms with Crippen LogP contribution in [0, 0.1) is 13.8 Å². The van der Waals surface area contributed by atoms with Gasteiger partial charge in [0.25, 0.3) is 0 Å². The molecule has 0 saturated carbocycles. The fraction of sp³-hybridized carbons (Fsp3) is 0.400. The molecule has 0 bridgehead atoms. The van der Waals surface area contributed by atoms with Crippen LogP contribution in [0.4, 0.5) is 0 Å². The second-order valence-electron chi connectivity index (χ2n) is 5.09. The maximum Gasteiger partial charge on any atom is 0.0641 e. The fourth-order valence-electron chi connectivity index (χ4n) is 2.76. The number of hydrogen-bond donors (Lipinski definition) is 1. The highest BCUT2D eigenvalue weighted by atomic mass is 32.2. The van der Waals surface area contributed by atoms with Crippen LogP contribution in [0.3, 0.4) is 0 Å². The number of aromatic nitrogens is 2. The summed E-state index contributed by atoms with van der Waals surface area (Å²) in [4.78, 5) is 1.42. The van der Waals surface area contributed by atoms with Crippen LogP contribution in [0.15, 0.2) is 29.2 Å². The van der Waals surface area contributed by atoms with Crippen molar-refractivity contribution < 1.29 is 0 Å². The molecule has 0 spiro atoms. The molecule has 1 atom stereocenters. The molecule has 2 heterocycles. The Morgan fingerprint density at radius 3 is 2.84 bits per heavy atom. The van der Waals surface area contributed by atoms with Gasteiger partial charge in [-0.25, -0.2) is 0 Å². The minimum atomic E-state index is 0.579. The third-order valence-electron chi connectivity index (χ3n) is 3.83. The Bertz CT molecular complexity index is 578.